The molecular formula is C16H21N3. The molecule has 0 bridgehead atoms. The van der Waals surface area contributed by atoms with Crippen molar-refractivity contribution in [2.45, 2.75) is 44.7 Å². The second kappa shape index (κ2) is 5.91. The molecule has 0 aliphatic heterocycles. The summed E-state index contributed by atoms with van der Waals surface area (Å²) in [5, 5.41) is 7.87. The molecule has 2 aromatic rings. The number of nitrogens with zero attached hydrogens (tertiary/aromatic N) is 2. The highest BCUT2D eigenvalue weighted by Gasteiger charge is 2.12. The third kappa shape index (κ3) is 3.37. The van der Waals surface area contributed by atoms with Gasteiger partial charge in [0.2, 0.25) is 0 Å². The molecule has 0 atom stereocenters. The van der Waals surface area contributed by atoms with Crippen molar-refractivity contribution in [3.8, 4) is 0 Å². The quantitative estimate of drug-likeness (QED) is 0.903. The summed E-state index contributed by atoms with van der Waals surface area (Å²) >= 11 is 0. The van der Waals surface area contributed by atoms with Gasteiger partial charge in [0.25, 0.3) is 0 Å². The Balaban J connectivity index is 1.58. The van der Waals surface area contributed by atoms with Crippen molar-refractivity contribution in [1.29, 1.82) is 0 Å². The highest BCUT2D eigenvalue weighted by Crippen LogP contribution is 2.21. The minimum atomic E-state index is 0.672. The number of aromatic nitrogens is 2. The molecule has 3 nitrogen and oxygen atoms in total. The fraction of sp³-hybridized carbons (Fsp3) is 0.438. The van der Waals surface area contributed by atoms with E-state index in [1.807, 2.05) is 23.1 Å². The van der Waals surface area contributed by atoms with Crippen LogP contribution in [0.4, 0.5) is 5.69 Å². The summed E-state index contributed by atoms with van der Waals surface area (Å²) in [6.45, 7) is 0.844. The van der Waals surface area contributed by atoms with Gasteiger partial charge in [-0.25, -0.2) is 0 Å². The van der Waals surface area contributed by atoms with E-state index in [-0.39, 0.29) is 0 Å². The Hall–Kier alpha value is -1.77. The summed E-state index contributed by atoms with van der Waals surface area (Å²) in [6.07, 6.45) is 10.6. The van der Waals surface area contributed by atoms with Crippen molar-refractivity contribution in [3.63, 3.8) is 0 Å². The molecule has 1 N–H and O–H groups in total. The molecule has 0 amide bonds. The van der Waals surface area contributed by atoms with E-state index in [9.17, 15) is 0 Å². The van der Waals surface area contributed by atoms with Crippen LogP contribution in [0.25, 0.3) is 0 Å². The summed E-state index contributed by atoms with van der Waals surface area (Å²) in [5.74, 6) is 0. The molecule has 3 heteroatoms. The molecule has 100 valence electrons. The van der Waals surface area contributed by atoms with Crippen LogP contribution in [0, 0.1) is 0 Å². The van der Waals surface area contributed by atoms with Crippen LogP contribution in [0.5, 0.6) is 0 Å². The number of nitrogens with one attached hydrogen (secondary N) is 1. The lowest BCUT2D eigenvalue weighted by atomic mass is 9.95. The van der Waals surface area contributed by atoms with Crippen LogP contribution in [0.2, 0.25) is 0 Å². The standard InChI is InChI=1S/C16H21N3/c1-2-5-15(6-3-1)18-16-9-7-14(8-10-16)13-19-12-4-11-17-19/h4,7-12,15,18H,1-3,5-6,13H2. The molecule has 1 aromatic carbocycles. The van der Waals surface area contributed by atoms with Crippen molar-refractivity contribution < 1.29 is 0 Å². The molecule has 1 fully saturated rings. The fourth-order valence-corrected chi connectivity index (χ4v) is 2.77. The first-order valence-corrected chi connectivity index (χ1v) is 7.23. The molecule has 19 heavy (non-hydrogen) atoms. The van der Waals surface area contributed by atoms with E-state index in [4.69, 9.17) is 0 Å². The van der Waals surface area contributed by atoms with E-state index in [0.29, 0.717) is 6.04 Å². The number of hydrogen-bond donors (Lipinski definition) is 1. The minimum absolute atomic E-state index is 0.672. The molecule has 1 aromatic heterocycles. The van der Waals surface area contributed by atoms with Gasteiger partial charge >= 0.3 is 0 Å². The summed E-state index contributed by atoms with van der Waals surface area (Å²) < 4.78 is 1.95. The van der Waals surface area contributed by atoms with E-state index in [2.05, 4.69) is 34.7 Å². The third-order valence-corrected chi connectivity index (χ3v) is 3.83. The Labute approximate surface area is 114 Å². The molecule has 1 saturated carbocycles. The zero-order valence-electron chi connectivity index (χ0n) is 11.3. The van der Waals surface area contributed by atoms with Crippen molar-refractivity contribution in [3.05, 3.63) is 48.3 Å². The van der Waals surface area contributed by atoms with E-state index in [1.54, 1.807) is 0 Å². The molecule has 1 aliphatic carbocycles. The Bertz CT molecular complexity index is 481. The average Bonchev–Trinajstić information content (AvgIpc) is 2.95. The van der Waals surface area contributed by atoms with Crippen molar-refractivity contribution >= 4 is 5.69 Å². The number of hydrogen-bond acceptors (Lipinski definition) is 2. The van der Waals surface area contributed by atoms with Gasteiger partial charge in [0.1, 0.15) is 0 Å². The van der Waals surface area contributed by atoms with E-state index >= 15 is 0 Å². The van der Waals surface area contributed by atoms with Gasteiger partial charge in [0.15, 0.2) is 0 Å². The molecule has 3 rings (SSSR count). The van der Waals surface area contributed by atoms with Crippen LogP contribution < -0.4 is 5.32 Å². The topological polar surface area (TPSA) is 29.9 Å². The number of anilines is 1. The van der Waals surface area contributed by atoms with Crippen molar-refractivity contribution in [2.24, 2.45) is 0 Å². The molecular weight excluding hydrogens is 234 g/mol. The summed E-state index contributed by atoms with van der Waals surface area (Å²) in [6, 6.07) is 11.4. The molecule has 0 unspecified atom stereocenters. The first kappa shape index (κ1) is 12.3. The van der Waals surface area contributed by atoms with Gasteiger partial charge in [-0.1, -0.05) is 31.4 Å². The first-order chi connectivity index (χ1) is 9.40. The highest BCUT2D eigenvalue weighted by molar-refractivity contribution is 5.45. The summed E-state index contributed by atoms with van der Waals surface area (Å²) in [5.41, 5.74) is 2.54. The Kier molecular flexibility index (Phi) is 3.82. The normalized spacial score (nSPS) is 16.4. The SMILES string of the molecule is c1cnn(Cc2ccc(NC3CCCCC3)cc2)c1. The Morgan fingerprint density at radius 2 is 1.89 bits per heavy atom. The highest BCUT2D eigenvalue weighted by atomic mass is 15.3. The van der Waals surface area contributed by atoms with E-state index < -0.39 is 0 Å². The maximum atomic E-state index is 4.23. The second-order valence-electron chi connectivity index (χ2n) is 5.38. The number of rotatable bonds is 4. The van der Waals surface area contributed by atoms with Crippen LogP contribution in [0.15, 0.2) is 42.7 Å². The number of benzene rings is 1. The predicted molar refractivity (Wildman–Crippen MR) is 78.3 cm³/mol. The average molecular weight is 255 g/mol. The summed E-state index contributed by atoms with van der Waals surface area (Å²) in [7, 11) is 0. The van der Waals surface area contributed by atoms with Gasteiger partial charge in [0.05, 0.1) is 6.54 Å². The maximum Gasteiger partial charge on any atom is 0.0659 e. The van der Waals surface area contributed by atoms with Crippen molar-refractivity contribution in [2.75, 3.05) is 5.32 Å². The Morgan fingerprint density at radius 1 is 1.11 bits per heavy atom. The second-order valence-corrected chi connectivity index (χ2v) is 5.38. The van der Waals surface area contributed by atoms with E-state index in [0.717, 1.165) is 6.54 Å². The lowest BCUT2D eigenvalue weighted by molar-refractivity contribution is 0.463. The molecule has 0 radical (unpaired) electrons. The lowest BCUT2D eigenvalue weighted by Gasteiger charge is -2.23. The van der Waals surface area contributed by atoms with Gasteiger partial charge in [-0.05, 0) is 36.6 Å². The van der Waals surface area contributed by atoms with Crippen LogP contribution in [0.3, 0.4) is 0 Å². The van der Waals surface area contributed by atoms with Crippen LogP contribution in [-0.4, -0.2) is 15.8 Å². The fourth-order valence-electron chi connectivity index (χ4n) is 2.77. The zero-order chi connectivity index (χ0) is 12.9. The molecule has 0 saturated heterocycles. The van der Waals surface area contributed by atoms with Gasteiger partial charge in [-0.2, -0.15) is 5.10 Å². The van der Waals surface area contributed by atoms with Crippen LogP contribution in [0.1, 0.15) is 37.7 Å². The van der Waals surface area contributed by atoms with E-state index in [1.165, 1.54) is 43.4 Å². The maximum absolute atomic E-state index is 4.23. The molecule has 1 aliphatic rings. The van der Waals surface area contributed by atoms with Gasteiger partial charge in [0, 0.05) is 24.1 Å². The van der Waals surface area contributed by atoms with Gasteiger partial charge in [-0.15, -0.1) is 0 Å². The molecule has 1 heterocycles. The Morgan fingerprint density at radius 3 is 2.58 bits per heavy atom. The zero-order valence-corrected chi connectivity index (χ0v) is 11.3. The summed E-state index contributed by atoms with van der Waals surface area (Å²) in [4.78, 5) is 0. The first-order valence-electron chi connectivity index (χ1n) is 7.23. The largest absolute Gasteiger partial charge is 0.382 e. The lowest BCUT2D eigenvalue weighted by Crippen LogP contribution is -2.22. The van der Waals surface area contributed by atoms with Crippen molar-refractivity contribution in [1.82, 2.24) is 9.78 Å². The monoisotopic (exact) mass is 255 g/mol. The van der Waals surface area contributed by atoms with Gasteiger partial charge < -0.3 is 5.32 Å². The van der Waals surface area contributed by atoms with Crippen LogP contribution in [-0.2, 0) is 6.54 Å². The van der Waals surface area contributed by atoms with Gasteiger partial charge in [-0.3, -0.25) is 4.68 Å². The predicted octanol–water partition coefficient (Wildman–Crippen LogP) is 3.68. The van der Waals surface area contributed by atoms with Crippen LogP contribution >= 0.6 is 0 Å². The third-order valence-electron chi connectivity index (χ3n) is 3.83. The minimum Gasteiger partial charge on any atom is -0.382 e. The molecule has 0 spiro atoms. The smallest absolute Gasteiger partial charge is 0.0659 e.